The second kappa shape index (κ2) is 8.30. The first kappa shape index (κ1) is 19.7. The van der Waals surface area contributed by atoms with E-state index < -0.39 is 11.7 Å². The van der Waals surface area contributed by atoms with Gasteiger partial charge in [0.25, 0.3) is 0 Å². The summed E-state index contributed by atoms with van der Waals surface area (Å²) in [5, 5.41) is 6.14. The third-order valence-corrected chi connectivity index (χ3v) is 4.56. The van der Waals surface area contributed by atoms with Crippen LogP contribution < -0.4 is 14.9 Å². The fourth-order valence-electron chi connectivity index (χ4n) is 2.48. The van der Waals surface area contributed by atoms with Crippen LogP contribution in [-0.4, -0.2) is 25.4 Å². The highest BCUT2D eigenvalue weighted by atomic mass is 32.1. The first-order valence-electron chi connectivity index (χ1n) is 8.05. The number of hydrogen-bond acceptors (Lipinski definition) is 6. The van der Waals surface area contributed by atoms with Gasteiger partial charge in [-0.15, -0.1) is 11.3 Å². The fourth-order valence-corrected chi connectivity index (χ4v) is 3.15. The van der Waals surface area contributed by atoms with E-state index in [0.717, 1.165) is 17.8 Å². The maximum Gasteiger partial charge on any atom is 0.417 e. The Bertz CT molecular complexity index is 987. The zero-order valence-electron chi connectivity index (χ0n) is 14.9. The number of halogens is 3. The molecule has 0 saturated carbocycles. The van der Waals surface area contributed by atoms with Crippen LogP contribution >= 0.6 is 11.3 Å². The number of methoxy groups -OCH3 is 2. The molecule has 0 atom stereocenters. The SMILES string of the molecule is COc1ccc(-c2csc(N/N=C\c3ccccc3C(F)(F)F)n2)cc1OC. The molecule has 0 unspecified atom stereocenters. The van der Waals surface area contributed by atoms with Gasteiger partial charge in [-0.05, 0) is 24.3 Å². The summed E-state index contributed by atoms with van der Waals surface area (Å²) in [6.45, 7) is 0. The Balaban J connectivity index is 1.75. The number of hydrazone groups is 1. The van der Waals surface area contributed by atoms with Crippen molar-refractivity contribution in [3.63, 3.8) is 0 Å². The second-order valence-corrected chi connectivity index (χ2v) is 6.42. The number of thiazole rings is 1. The Hall–Kier alpha value is -3.07. The second-order valence-electron chi connectivity index (χ2n) is 5.56. The standard InChI is InChI=1S/C19H16F3N3O2S/c1-26-16-8-7-12(9-17(16)27-2)15-11-28-18(24-15)25-23-10-13-5-3-4-6-14(13)19(20,21)22/h3-11H,1-2H3,(H,24,25)/b23-10-. The van der Waals surface area contributed by atoms with Gasteiger partial charge in [0.1, 0.15) is 0 Å². The molecule has 0 aliphatic rings. The Kier molecular flexibility index (Phi) is 5.84. The van der Waals surface area contributed by atoms with Crippen LogP contribution in [0.5, 0.6) is 11.5 Å². The molecule has 0 amide bonds. The number of rotatable bonds is 6. The number of benzene rings is 2. The molecule has 0 bridgehead atoms. The smallest absolute Gasteiger partial charge is 0.417 e. The van der Waals surface area contributed by atoms with E-state index in [1.54, 1.807) is 26.4 Å². The molecule has 1 aromatic heterocycles. The van der Waals surface area contributed by atoms with E-state index >= 15 is 0 Å². The van der Waals surface area contributed by atoms with Gasteiger partial charge in [-0.1, -0.05) is 18.2 Å². The van der Waals surface area contributed by atoms with Crippen LogP contribution in [0.2, 0.25) is 0 Å². The average Bonchev–Trinajstić information content (AvgIpc) is 3.16. The highest BCUT2D eigenvalue weighted by Gasteiger charge is 2.32. The average molecular weight is 407 g/mol. The summed E-state index contributed by atoms with van der Waals surface area (Å²) in [5.74, 6) is 1.18. The van der Waals surface area contributed by atoms with Gasteiger partial charge in [0.15, 0.2) is 11.5 Å². The van der Waals surface area contributed by atoms with Crippen molar-refractivity contribution in [2.75, 3.05) is 19.6 Å². The minimum Gasteiger partial charge on any atom is -0.493 e. The molecule has 0 fully saturated rings. The maximum absolute atomic E-state index is 13.0. The molecular weight excluding hydrogens is 391 g/mol. The molecule has 28 heavy (non-hydrogen) atoms. The summed E-state index contributed by atoms with van der Waals surface area (Å²) in [5.41, 5.74) is 3.39. The summed E-state index contributed by atoms with van der Waals surface area (Å²) in [6.07, 6.45) is -3.31. The van der Waals surface area contributed by atoms with E-state index in [1.807, 2.05) is 11.4 Å². The van der Waals surface area contributed by atoms with Gasteiger partial charge in [-0.25, -0.2) is 4.98 Å². The van der Waals surface area contributed by atoms with Crippen molar-refractivity contribution < 1.29 is 22.6 Å². The van der Waals surface area contributed by atoms with Gasteiger partial charge >= 0.3 is 6.18 Å². The van der Waals surface area contributed by atoms with Crippen LogP contribution in [0.1, 0.15) is 11.1 Å². The number of aromatic nitrogens is 1. The van der Waals surface area contributed by atoms with Gasteiger partial charge in [-0.2, -0.15) is 18.3 Å². The predicted octanol–water partition coefficient (Wildman–Crippen LogP) is 5.29. The topological polar surface area (TPSA) is 55.7 Å². The molecule has 3 rings (SSSR count). The summed E-state index contributed by atoms with van der Waals surface area (Å²) in [4.78, 5) is 4.39. The minimum atomic E-state index is -4.44. The van der Waals surface area contributed by atoms with Crippen molar-refractivity contribution in [1.29, 1.82) is 0 Å². The Morgan fingerprint density at radius 2 is 1.82 bits per heavy atom. The zero-order chi connectivity index (χ0) is 20.1. The van der Waals surface area contributed by atoms with Crippen LogP contribution in [0, 0.1) is 0 Å². The van der Waals surface area contributed by atoms with E-state index in [-0.39, 0.29) is 5.56 Å². The summed E-state index contributed by atoms with van der Waals surface area (Å²) in [7, 11) is 3.10. The molecule has 1 heterocycles. The van der Waals surface area contributed by atoms with Gasteiger partial charge < -0.3 is 9.47 Å². The van der Waals surface area contributed by atoms with Crippen molar-refractivity contribution in [2.45, 2.75) is 6.18 Å². The van der Waals surface area contributed by atoms with E-state index in [0.29, 0.717) is 22.3 Å². The highest BCUT2D eigenvalue weighted by molar-refractivity contribution is 7.14. The summed E-state index contributed by atoms with van der Waals surface area (Å²) in [6, 6.07) is 10.6. The van der Waals surface area contributed by atoms with Crippen LogP contribution in [0.25, 0.3) is 11.3 Å². The van der Waals surface area contributed by atoms with Crippen LogP contribution in [0.4, 0.5) is 18.3 Å². The third kappa shape index (κ3) is 4.42. The Morgan fingerprint density at radius 1 is 1.07 bits per heavy atom. The van der Waals surface area contributed by atoms with Crippen LogP contribution in [0.15, 0.2) is 52.9 Å². The van der Waals surface area contributed by atoms with E-state index in [9.17, 15) is 13.2 Å². The first-order chi connectivity index (χ1) is 13.4. The minimum absolute atomic E-state index is 0.0285. The molecule has 9 heteroatoms. The lowest BCUT2D eigenvalue weighted by Crippen LogP contribution is -2.08. The highest BCUT2D eigenvalue weighted by Crippen LogP contribution is 2.34. The van der Waals surface area contributed by atoms with Crippen molar-refractivity contribution in [1.82, 2.24) is 4.98 Å². The van der Waals surface area contributed by atoms with Gasteiger partial charge in [0.05, 0.1) is 31.7 Å². The van der Waals surface area contributed by atoms with E-state index in [2.05, 4.69) is 15.5 Å². The maximum atomic E-state index is 13.0. The number of ether oxygens (including phenoxy) is 2. The van der Waals surface area contributed by atoms with Crippen molar-refractivity contribution >= 4 is 22.7 Å². The number of hydrogen-bond donors (Lipinski definition) is 1. The Morgan fingerprint density at radius 3 is 2.54 bits per heavy atom. The molecule has 0 aliphatic carbocycles. The molecule has 5 nitrogen and oxygen atoms in total. The lowest BCUT2D eigenvalue weighted by molar-refractivity contribution is -0.137. The van der Waals surface area contributed by atoms with Crippen molar-refractivity contribution in [2.24, 2.45) is 5.10 Å². The number of nitrogens with zero attached hydrogens (tertiary/aromatic N) is 2. The zero-order valence-corrected chi connectivity index (χ0v) is 15.8. The van der Waals surface area contributed by atoms with Crippen molar-refractivity contribution in [3.8, 4) is 22.8 Å². The fraction of sp³-hybridized carbons (Fsp3) is 0.158. The summed E-state index contributed by atoms with van der Waals surface area (Å²) >= 11 is 1.28. The lowest BCUT2D eigenvalue weighted by atomic mass is 10.1. The van der Waals surface area contributed by atoms with E-state index in [1.165, 1.54) is 29.5 Å². The molecule has 3 aromatic rings. The predicted molar refractivity (Wildman–Crippen MR) is 103 cm³/mol. The number of nitrogens with one attached hydrogen (secondary N) is 1. The van der Waals surface area contributed by atoms with Gasteiger partial charge in [-0.3, -0.25) is 5.43 Å². The molecule has 2 aromatic carbocycles. The molecule has 146 valence electrons. The molecule has 0 aliphatic heterocycles. The van der Waals surface area contributed by atoms with Crippen molar-refractivity contribution in [3.05, 3.63) is 59.0 Å². The molecular formula is C19H16F3N3O2S. The summed E-state index contributed by atoms with van der Waals surface area (Å²) < 4.78 is 49.5. The molecule has 0 saturated heterocycles. The number of alkyl halides is 3. The molecule has 0 spiro atoms. The third-order valence-electron chi connectivity index (χ3n) is 3.81. The normalized spacial score (nSPS) is 11.6. The Labute approximate surface area is 163 Å². The van der Waals surface area contributed by atoms with Crippen LogP contribution in [-0.2, 0) is 6.18 Å². The molecule has 0 radical (unpaired) electrons. The quantitative estimate of drug-likeness (QED) is 0.446. The van der Waals surface area contributed by atoms with Gasteiger partial charge in [0.2, 0.25) is 5.13 Å². The van der Waals surface area contributed by atoms with Crippen LogP contribution in [0.3, 0.4) is 0 Å². The monoisotopic (exact) mass is 407 g/mol. The largest absolute Gasteiger partial charge is 0.493 e. The first-order valence-corrected chi connectivity index (χ1v) is 8.93. The lowest BCUT2D eigenvalue weighted by Gasteiger charge is -2.09. The van der Waals surface area contributed by atoms with Gasteiger partial charge in [0, 0.05) is 16.5 Å². The van der Waals surface area contributed by atoms with E-state index in [4.69, 9.17) is 9.47 Å². The molecule has 1 N–H and O–H groups in total. The number of anilines is 1.